The van der Waals surface area contributed by atoms with Gasteiger partial charge in [0.15, 0.2) is 5.79 Å². The zero-order valence-corrected chi connectivity index (χ0v) is 7.99. The number of rotatable bonds is 3. The van der Waals surface area contributed by atoms with Crippen LogP contribution in [0.25, 0.3) is 0 Å². The molecule has 2 N–H and O–H groups in total. The van der Waals surface area contributed by atoms with Gasteiger partial charge in [0.05, 0.1) is 13.2 Å². The van der Waals surface area contributed by atoms with Gasteiger partial charge in [-0.2, -0.15) is 0 Å². The van der Waals surface area contributed by atoms with Gasteiger partial charge in [-0.05, 0) is 19.4 Å². The number of ether oxygens (including phenoxy) is 2. The van der Waals surface area contributed by atoms with Crippen molar-refractivity contribution >= 4 is 0 Å². The molecular weight excluding hydrogens is 172 g/mol. The Kier molecular flexibility index (Phi) is 3.08. The molecule has 0 unspecified atom stereocenters. The summed E-state index contributed by atoms with van der Waals surface area (Å²) >= 11 is 0. The van der Waals surface area contributed by atoms with Gasteiger partial charge in [0, 0.05) is 0 Å². The Morgan fingerprint density at radius 3 is 2.69 bits per heavy atom. The summed E-state index contributed by atoms with van der Waals surface area (Å²) in [5.41, 5.74) is 0.353. The van der Waals surface area contributed by atoms with Gasteiger partial charge in [-0.25, -0.2) is 0 Å². The fraction of sp³-hybridized carbons (Fsp3) is 0.778. The normalized spacial score (nSPS) is 28.8. The first-order valence-corrected chi connectivity index (χ1v) is 4.24. The molecule has 0 aromatic rings. The van der Waals surface area contributed by atoms with E-state index in [0.717, 1.165) is 0 Å². The molecule has 0 spiro atoms. The van der Waals surface area contributed by atoms with E-state index in [4.69, 9.17) is 14.6 Å². The van der Waals surface area contributed by atoms with E-state index in [1.165, 1.54) is 0 Å². The number of aliphatic hydroxyl groups is 2. The summed E-state index contributed by atoms with van der Waals surface area (Å²) < 4.78 is 10.7. The number of aliphatic hydroxyl groups excluding tert-OH is 2. The minimum Gasteiger partial charge on any atom is -0.392 e. The molecular formula is C9H16O4. The SMILES string of the molecule is C=C(CO)[C@H](O)[C@H]1COC(C)(C)O1. The first-order chi connectivity index (χ1) is 5.96. The second kappa shape index (κ2) is 3.75. The summed E-state index contributed by atoms with van der Waals surface area (Å²) in [5.74, 6) is -0.651. The van der Waals surface area contributed by atoms with E-state index >= 15 is 0 Å². The van der Waals surface area contributed by atoms with Crippen LogP contribution in [0.1, 0.15) is 13.8 Å². The molecule has 1 saturated heterocycles. The van der Waals surface area contributed by atoms with Crippen LogP contribution in [0.2, 0.25) is 0 Å². The van der Waals surface area contributed by atoms with Gasteiger partial charge in [0.1, 0.15) is 12.2 Å². The Labute approximate surface area is 77.8 Å². The highest BCUT2D eigenvalue weighted by molar-refractivity contribution is 5.05. The fourth-order valence-corrected chi connectivity index (χ4v) is 1.23. The maximum Gasteiger partial charge on any atom is 0.163 e. The number of hydrogen-bond donors (Lipinski definition) is 2. The maximum absolute atomic E-state index is 9.59. The van der Waals surface area contributed by atoms with Crippen LogP contribution >= 0.6 is 0 Å². The molecule has 1 fully saturated rings. The zero-order valence-electron chi connectivity index (χ0n) is 7.99. The second-order valence-electron chi connectivity index (χ2n) is 3.63. The fourth-order valence-electron chi connectivity index (χ4n) is 1.23. The molecule has 0 aromatic heterocycles. The largest absolute Gasteiger partial charge is 0.392 e. The third-order valence-electron chi connectivity index (χ3n) is 2.00. The molecule has 0 aromatic carbocycles. The molecule has 1 rings (SSSR count). The third kappa shape index (κ3) is 2.51. The van der Waals surface area contributed by atoms with E-state index in [9.17, 15) is 5.11 Å². The van der Waals surface area contributed by atoms with Gasteiger partial charge < -0.3 is 19.7 Å². The van der Waals surface area contributed by atoms with Gasteiger partial charge in [0.2, 0.25) is 0 Å². The molecule has 1 heterocycles. The van der Waals surface area contributed by atoms with Gasteiger partial charge >= 0.3 is 0 Å². The summed E-state index contributed by atoms with van der Waals surface area (Å²) in [7, 11) is 0. The van der Waals surface area contributed by atoms with Crippen LogP contribution in [-0.2, 0) is 9.47 Å². The Bertz CT molecular complexity index is 200. The van der Waals surface area contributed by atoms with E-state index < -0.39 is 18.0 Å². The van der Waals surface area contributed by atoms with Crippen molar-refractivity contribution < 1.29 is 19.7 Å². The quantitative estimate of drug-likeness (QED) is 0.614. The lowest BCUT2D eigenvalue weighted by Gasteiger charge is -2.20. The highest BCUT2D eigenvalue weighted by atomic mass is 16.7. The molecule has 1 aliphatic heterocycles. The molecule has 0 bridgehead atoms. The molecule has 13 heavy (non-hydrogen) atoms. The van der Waals surface area contributed by atoms with Crippen molar-refractivity contribution in [1.82, 2.24) is 0 Å². The first-order valence-electron chi connectivity index (χ1n) is 4.24. The van der Waals surface area contributed by atoms with E-state index in [1.807, 2.05) is 0 Å². The van der Waals surface area contributed by atoms with Crippen LogP contribution in [0.15, 0.2) is 12.2 Å². The van der Waals surface area contributed by atoms with Crippen molar-refractivity contribution in [2.24, 2.45) is 0 Å². The van der Waals surface area contributed by atoms with Crippen LogP contribution in [0, 0.1) is 0 Å². The van der Waals surface area contributed by atoms with Crippen LogP contribution in [-0.4, -0.2) is 41.4 Å². The lowest BCUT2D eigenvalue weighted by Crippen LogP contribution is -2.32. The molecule has 0 aliphatic carbocycles. The lowest BCUT2D eigenvalue weighted by atomic mass is 10.1. The summed E-state index contributed by atoms with van der Waals surface area (Å²) in [6, 6.07) is 0. The summed E-state index contributed by atoms with van der Waals surface area (Å²) in [6.07, 6.45) is -1.28. The zero-order chi connectivity index (χ0) is 10.1. The van der Waals surface area contributed by atoms with E-state index in [2.05, 4.69) is 6.58 Å². The summed E-state index contributed by atoms with van der Waals surface area (Å²) in [6.45, 7) is 7.18. The molecule has 0 radical (unpaired) electrons. The lowest BCUT2D eigenvalue weighted by molar-refractivity contribution is -0.148. The smallest absolute Gasteiger partial charge is 0.163 e. The van der Waals surface area contributed by atoms with Crippen LogP contribution in [0.5, 0.6) is 0 Å². The average molecular weight is 188 g/mol. The summed E-state index contributed by atoms with van der Waals surface area (Å²) in [5, 5.41) is 18.3. The van der Waals surface area contributed by atoms with Crippen LogP contribution < -0.4 is 0 Å². The van der Waals surface area contributed by atoms with Crippen molar-refractivity contribution in [3.8, 4) is 0 Å². The van der Waals surface area contributed by atoms with Crippen molar-refractivity contribution in [2.45, 2.75) is 31.8 Å². The molecule has 0 amide bonds. The minimum absolute atomic E-state index is 0.235. The topological polar surface area (TPSA) is 58.9 Å². The Morgan fingerprint density at radius 2 is 2.31 bits per heavy atom. The van der Waals surface area contributed by atoms with Crippen molar-refractivity contribution in [2.75, 3.05) is 13.2 Å². The van der Waals surface area contributed by atoms with E-state index in [1.54, 1.807) is 13.8 Å². The number of hydrogen-bond acceptors (Lipinski definition) is 4. The van der Waals surface area contributed by atoms with Gasteiger partial charge in [-0.3, -0.25) is 0 Å². The minimum atomic E-state index is -0.855. The molecule has 1 aliphatic rings. The van der Waals surface area contributed by atoms with Crippen LogP contribution in [0.4, 0.5) is 0 Å². The Morgan fingerprint density at radius 1 is 1.69 bits per heavy atom. The molecule has 0 saturated carbocycles. The first kappa shape index (κ1) is 10.7. The van der Waals surface area contributed by atoms with Crippen molar-refractivity contribution in [1.29, 1.82) is 0 Å². The molecule has 4 heteroatoms. The Balaban J connectivity index is 2.51. The highest BCUT2D eigenvalue weighted by Gasteiger charge is 2.37. The Hall–Kier alpha value is -0.420. The molecule has 76 valence electrons. The highest BCUT2D eigenvalue weighted by Crippen LogP contribution is 2.25. The van der Waals surface area contributed by atoms with Crippen molar-refractivity contribution in [3.63, 3.8) is 0 Å². The van der Waals surface area contributed by atoms with E-state index in [-0.39, 0.29) is 6.61 Å². The summed E-state index contributed by atoms with van der Waals surface area (Å²) in [4.78, 5) is 0. The average Bonchev–Trinajstić information content (AvgIpc) is 2.43. The predicted molar refractivity (Wildman–Crippen MR) is 47.1 cm³/mol. The van der Waals surface area contributed by atoms with E-state index in [0.29, 0.717) is 12.2 Å². The third-order valence-corrected chi connectivity index (χ3v) is 2.00. The second-order valence-corrected chi connectivity index (χ2v) is 3.63. The maximum atomic E-state index is 9.59. The van der Waals surface area contributed by atoms with Gasteiger partial charge in [-0.1, -0.05) is 6.58 Å². The standard InChI is InChI=1S/C9H16O4/c1-6(4-10)8(11)7-5-12-9(2,3)13-7/h7-8,10-11H,1,4-5H2,2-3H3/t7-,8+/m1/s1. The molecule has 4 nitrogen and oxygen atoms in total. The van der Waals surface area contributed by atoms with Crippen molar-refractivity contribution in [3.05, 3.63) is 12.2 Å². The predicted octanol–water partition coefficient (Wildman–Crippen LogP) is 0.0473. The van der Waals surface area contributed by atoms with Gasteiger partial charge in [0.25, 0.3) is 0 Å². The monoisotopic (exact) mass is 188 g/mol. The van der Waals surface area contributed by atoms with Gasteiger partial charge in [-0.15, -0.1) is 0 Å². The van der Waals surface area contributed by atoms with Crippen LogP contribution in [0.3, 0.4) is 0 Å². The molecule has 2 atom stereocenters.